The Balaban J connectivity index is 2.64. The number of rotatable bonds is 5. The van der Waals surface area contributed by atoms with Crippen LogP contribution in [0.2, 0.25) is 0 Å². The van der Waals surface area contributed by atoms with Gasteiger partial charge in [0, 0.05) is 37.2 Å². The highest BCUT2D eigenvalue weighted by Gasteiger charge is 2.05. The Kier molecular flexibility index (Phi) is 5.32. The number of carbonyl (C=O) groups excluding carboxylic acids is 1. The summed E-state index contributed by atoms with van der Waals surface area (Å²) < 4.78 is 0. The molecule has 0 aromatic heterocycles. The first-order valence-electron chi connectivity index (χ1n) is 5.26. The number of benzene rings is 1. The number of hydrogen-bond donors (Lipinski definition) is 1. The van der Waals surface area contributed by atoms with E-state index in [9.17, 15) is 4.79 Å². The van der Waals surface area contributed by atoms with Crippen molar-refractivity contribution in [2.75, 3.05) is 30.9 Å². The van der Waals surface area contributed by atoms with Gasteiger partial charge in [0.05, 0.1) is 0 Å². The zero-order valence-corrected chi connectivity index (χ0v) is 11.3. The largest absolute Gasteiger partial charge is 0.378 e. The lowest BCUT2D eigenvalue weighted by Crippen LogP contribution is -2.24. The third-order valence-electron chi connectivity index (χ3n) is 2.22. The first kappa shape index (κ1) is 13.0. The molecule has 1 N–H and O–H groups in total. The summed E-state index contributed by atoms with van der Waals surface area (Å²) in [6, 6.07) is 7.60. The highest BCUT2D eigenvalue weighted by molar-refractivity contribution is 9.09. The molecule has 0 aliphatic rings. The molecule has 16 heavy (non-hydrogen) atoms. The van der Waals surface area contributed by atoms with Gasteiger partial charge in [-0.1, -0.05) is 22.0 Å². The minimum absolute atomic E-state index is 0.00958. The molecule has 1 aromatic carbocycles. The number of amides is 1. The lowest BCUT2D eigenvalue weighted by Gasteiger charge is -2.13. The highest BCUT2D eigenvalue weighted by atomic mass is 79.9. The van der Waals surface area contributed by atoms with Crippen molar-refractivity contribution < 1.29 is 4.79 Å². The number of hydrogen-bond acceptors (Lipinski definition) is 2. The van der Waals surface area contributed by atoms with Crippen LogP contribution < -0.4 is 10.2 Å². The maximum atomic E-state index is 11.7. The van der Waals surface area contributed by atoms with E-state index >= 15 is 0 Å². The summed E-state index contributed by atoms with van der Waals surface area (Å²) in [7, 11) is 3.92. The van der Waals surface area contributed by atoms with Gasteiger partial charge in [0.15, 0.2) is 0 Å². The Hall–Kier alpha value is -1.03. The number of nitrogens with zero attached hydrogens (tertiary/aromatic N) is 1. The summed E-state index contributed by atoms with van der Waals surface area (Å²) in [4.78, 5) is 13.7. The zero-order chi connectivity index (χ0) is 12.0. The first-order valence-corrected chi connectivity index (χ1v) is 6.39. The quantitative estimate of drug-likeness (QED) is 0.665. The van der Waals surface area contributed by atoms with Gasteiger partial charge in [-0.25, -0.2) is 0 Å². The minimum Gasteiger partial charge on any atom is -0.378 e. The van der Waals surface area contributed by atoms with E-state index in [0.29, 0.717) is 12.1 Å². The number of nitrogens with one attached hydrogen (secondary N) is 1. The van der Waals surface area contributed by atoms with Crippen LogP contribution in [0, 0.1) is 0 Å². The molecule has 3 nitrogen and oxygen atoms in total. The molecule has 0 radical (unpaired) electrons. The van der Waals surface area contributed by atoms with E-state index in [1.807, 2.05) is 43.3 Å². The molecule has 0 fully saturated rings. The number of anilines is 1. The van der Waals surface area contributed by atoms with Gasteiger partial charge >= 0.3 is 0 Å². The van der Waals surface area contributed by atoms with Crippen LogP contribution in [-0.4, -0.2) is 31.9 Å². The average Bonchev–Trinajstić information content (AvgIpc) is 2.29. The molecule has 0 heterocycles. The second kappa shape index (κ2) is 6.53. The fourth-order valence-electron chi connectivity index (χ4n) is 1.30. The zero-order valence-electron chi connectivity index (χ0n) is 9.66. The predicted octanol–water partition coefficient (Wildman–Crippen LogP) is 2.27. The lowest BCUT2D eigenvalue weighted by atomic mass is 10.2. The third kappa shape index (κ3) is 3.85. The summed E-state index contributed by atoms with van der Waals surface area (Å²) in [5, 5.41) is 3.79. The van der Waals surface area contributed by atoms with Crippen molar-refractivity contribution in [1.82, 2.24) is 5.32 Å². The summed E-state index contributed by atoms with van der Waals surface area (Å²) in [5.41, 5.74) is 1.74. The smallest absolute Gasteiger partial charge is 0.251 e. The molecule has 4 heteroatoms. The van der Waals surface area contributed by atoms with Gasteiger partial charge in [0.1, 0.15) is 0 Å². The van der Waals surface area contributed by atoms with Crippen molar-refractivity contribution in [2.24, 2.45) is 0 Å². The van der Waals surface area contributed by atoms with E-state index in [1.54, 1.807) is 0 Å². The molecule has 0 atom stereocenters. The fourth-order valence-corrected chi connectivity index (χ4v) is 1.58. The molecule has 0 aliphatic heterocycles. The van der Waals surface area contributed by atoms with E-state index in [-0.39, 0.29) is 5.91 Å². The SMILES string of the molecule is CN(C)c1cccc(C(=O)NCCCBr)c1. The number of halogens is 1. The maximum absolute atomic E-state index is 11.7. The Bertz CT molecular complexity index is 353. The molecule has 0 bridgehead atoms. The fraction of sp³-hybridized carbons (Fsp3) is 0.417. The van der Waals surface area contributed by atoms with Crippen molar-refractivity contribution in [1.29, 1.82) is 0 Å². The molecule has 0 unspecified atom stereocenters. The van der Waals surface area contributed by atoms with Crippen LogP contribution in [0.25, 0.3) is 0 Å². The monoisotopic (exact) mass is 284 g/mol. The number of carbonyl (C=O) groups is 1. The normalized spacial score (nSPS) is 9.94. The van der Waals surface area contributed by atoms with Crippen LogP contribution in [0.4, 0.5) is 5.69 Å². The molecule has 0 saturated heterocycles. The van der Waals surface area contributed by atoms with Gasteiger partial charge in [-0.3, -0.25) is 4.79 Å². The van der Waals surface area contributed by atoms with Crippen LogP contribution in [0.3, 0.4) is 0 Å². The van der Waals surface area contributed by atoms with Crippen molar-refractivity contribution in [3.8, 4) is 0 Å². The molecule has 1 amide bonds. The molecule has 0 aliphatic carbocycles. The Morgan fingerprint density at radius 1 is 1.44 bits per heavy atom. The van der Waals surface area contributed by atoms with Crippen molar-refractivity contribution >= 4 is 27.5 Å². The Morgan fingerprint density at radius 2 is 2.19 bits per heavy atom. The van der Waals surface area contributed by atoms with Crippen molar-refractivity contribution in [3.05, 3.63) is 29.8 Å². The molecular weight excluding hydrogens is 268 g/mol. The van der Waals surface area contributed by atoms with Gasteiger partial charge in [0.2, 0.25) is 0 Å². The van der Waals surface area contributed by atoms with E-state index in [1.165, 1.54) is 0 Å². The van der Waals surface area contributed by atoms with Crippen molar-refractivity contribution in [2.45, 2.75) is 6.42 Å². The van der Waals surface area contributed by atoms with Crippen LogP contribution in [-0.2, 0) is 0 Å². The summed E-state index contributed by atoms with van der Waals surface area (Å²) in [5.74, 6) is -0.00958. The van der Waals surface area contributed by atoms with Gasteiger partial charge in [-0.2, -0.15) is 0 Å². The Morgan fingerprint density at radius 3 is 2.81 bits per heavy atom. The van der Waals surface area contributed by atoms with E-state index in [0.717, 1.165) is 17.4 Å². The van der Waals surface area contributed by atoms with Gasteiger partial charge in [0.25, 0.3) is 5.91 Å². The van der Waals surface area contributed by atoms with E-state index < -0.39 is 0 Å². The topological polar surface area (TPSA) is 32.3 Å². The average molecular weight is 285 g/mol. The van der Waals surface area contributed by atoms with Crippen LogP contribution in [0.15, 0.2) is 24.3 Å². The Labute approximate surface area is 105 Å². The van der Waals surface area contributed by atoms with Gasteiger partial charge in [-0.05, 0) is 24.6 Å². The first-order chi connectivity index (χ1) is 7.65. The summed E-state index contributed by atoms with van der Waals surface area (Å²) >= 11 is 3.33. The van der Waals surface area contributed by atoms with Gasteiger partial charge < -0.3 is 10.2 Å². The second-order valence-corrected chi connectivity index (χ2v) is 4.54. The minimum atomic E-state index is -0.00958. The van der Waals surface area contributed by atoms with E-state index in [4.69, 9.17) is 0 Å². The van der Waals surface area contributed by atoms with Crippen LogP contribution >= 0.6 is 15.9 Å². The molecular formula is C12H17BrN2O. The standard InChI is InChI=1S/C12H17BrN2O/c1-15(2)11-6-3-5-10(9-11)12(16)14-8-4-7-13/h3,5-6,9H,4,7-8H2,1-2H3,(H,14,16). The molecule has 88 valence electrons. The lowest BCUT2D eigenvalue weighted by molar-refractivity contribution is 0.0954. The predicted molar refractivity (Wildman–Crippen MR) is 71.5 cm³/mol. The highest BCUT2D eigenvalue weighted by Crippen LogP contribution is 2.13. The number of alkyl halides is 1. The summed E-state index contributed by atoms with van der Waals surface area (Å²) in [6.45, 7) is 0.705. The van der Waals surface area contributed by atoms with Gasteiger partial charge in [-0.15, -0.1) is 0 Å². The van der Waals surface area contributed by atoms with Crippen LogP contribution in [0.1, 0.15) is 16.8 Å². The molecule has 1 aromatic rings. The second-order valence-electron chi connectivity index (χ2n) is 3.74. The van der Waals surface area contributed by atoms with E-state index in [2.05, 4.69) is 21.2 Å². The summed E-state index contributed by atoms with van der Waals surface area (Å²) in [6.07, 6.45) is 0.944. The van der Waals surface area contributed by atoms with Crippen molar-refractivity contribution in [3.63, 3.8) is 0 Å². The van der Waals surface area contributed by atoms with Crippen LogP contribution in [0.5, 0.6) is 0 Å². The third-order valence-corrected chi connectivity index (χ3v) is 2.78. The molecule has 0 spiro atoms. The molecule has 0 saturated carbocycles. The molecule has 1 rings (SSSR count). The maximum Gasteiger partial charge on any atom is 0.251 e.